The molecule has 0 amide bonds. The van der Waals surface area contributed by atoms with Crippen LogP contribution in [0.1, 0.15) is 24.3 Å². The molecule has 1 atom stereocenters. The van der Waals surface area contributed by atoms with E-state index in [9.17, 15) is 5.11 Å². The second kappa shape index (κ2) is 6.54. The van der Waals surface area contributed by atoms with E-state index < -0.39 is 6.10 Å². The number of methoxy groups -OCH3 is 1. The number of para-hydroxylation sites is 1. The molecule has 0 radical (unpaired) electrons. The minimum absolute atomic E-state index is 0.555. The molecular weight excluding hydrogens is 312 g/mol. The molecule has 4 nitrogen and oxygen atoms in total. The number of aliphatic hydroxyl groups excluding tert-OH is 1. The average Bonchev–Trinajstić information content (AvgIpc) is 2.82. The standard InChI is InChI=1S/C21H24N2O2/c1-14(24)20-13-17(25-2)6-7-18(20)19-5-3-4-15-12-16-8-9-22-10-11-23(16)21(15)19/h3-7,12-14,22,24H,8-11H2,1-2H3. The largest absolute Gasteiger partial charge is 0.497 e. The van der Waals surface area contributed by atoms with Gasteiger partial charge < -0.3 is 19.7 Å². The van der Waals surface area contributed by atoms with Gasteiger partial charge in [-0.1, -0.05) is 24.3 Å². The summed E-state index contributed by atoms with van der Waals surface area (Å²) in [6.45, 7) is 4.78. The van der Waals surface area contributed by atoms with Gasteiger partial charge in [-0.05, 0) is 36.2 Å². The summed E-state index contributed by atoms with van der Waals surface area (Å²) in [6.07, 6.45) is 0.487. The summed E-state index contributed by atoms with van der Waals surface area (Å²) in [5, 5.41) is 15.1. The molecule has 4 rings (SSSR count). The predicted molar refractivity (Wildman–Crippen MR) is 101 cm³/mol. The zero-order valence-corrected chi connectivity index (χ0v) is 14.7. The Labute approximate surface area is 148 Å². The van der Waals surface area contributed by atoms with E-state index in [-0.39, 0.29) is 0 Å². The Morgan fingerprint density at radius 3 is 2.80 bits per heavy atom. The molecule has 1 aromatic heterocycles. The van der Waals surface area contributed by atoms with Gasteiger partial charge in [0.2, 0.25) is 0 Å². The third kappa shape index (κ3) is 2.81. The van der Waals surface area contributed by atoms with Crippen LogP contribution in [0.4, 0.5) is 0 Å². The molecule has 0 saturated carbocycles. The van der Waals surface area contributed by atoms with Crippen molar-refractivity contribution in [3.05, 3.63) is 53.7 Å². The SMILES string of the molecule is COc1ccc(-c2cccc3cc4n(c23)CCNCC4)c(C(C)O)c1. The highest BCUT2D eigenvalue weighted by Crippen LogP contribution is 2.37. The van der Waals surface area contributed by atoms with Crippen LogP contribution in [0.3, 0.4) is 0 Å². The fraction of sp³-hybridized carbons (Fsp3) is 0.333. The number of fused-ring (bicyclic) bond motifs is 3. The van der Waals surface area contributed by atoms with Crippen molar-refractivity contribution in [2.75, 3.05) is 20.2 Å². The molecule has 130 valence electrons. The monoisotopic (exact) mass is 336 g/mol. The zero-order valence-electron chi connectivity index (χ0n) is 14.7. The summed E-state index contributed by atoms with van der Waals surface area (Å²) >= 11 is 0. The third-order valence-electron chi connectivity index (χ3n) is 5.08. The van der Waals surface area contributed by atoms with E-state index in [0.29, 0.717) is 0 Å². The third-order valence-corrected chi connectivity index (χ3v) is 5.08. The van der Waals surface area contributed by atoms with Gasteiger partial charge in [-0.25, -0.2) is 0 Å². The van der Waals surface area contributed by atoms with E-state index in [4.69, 9.17) is 4.74 Å². The van der Waals surface area contributed by atoms with E-state index in [2.05, 4.69) is 40.2 Å². The lowest BCUT2D eigenvalue weighted by atomic mass is 9.95. The maximum absolute atomic E-state index is 10.3. The van der Waals surface area contributed by atoms with Gasteiger partial charge in [0, 0.05) is 42.7 Å². The van der Waals surface area contributed by atoms with Crippen molar-refractivity contribution < 1.29 is 9.84 Å². The number of hydrogen-bond donors (Lipinski definition) is 2. The number of ether oxygens (including phenoxy) is 1. The van der Waals surface area contributed by atoms with Gasteiger partial charge in [0.05, 0.1) is 18.7 Å². The molecule has 3 aromatic rings. The Kier molecular flexibility index (Phi) is 4.24. The van der Waals surface area contributed by atoms with Gasteiger partial charge in [0.15, 0.2) is 0 Å². The fourth-order valence-electron chi connectivity index (χ4n) is 3.85. The predicted octanol–water partition coefficient (Wildman–Crippen LogP) is 3.52. The number of hydrogen-bond acceptors (Lipinski definition) is 3. The minimum Gasteiger partial charge on any atom is -0.497 e. The normalized spacial score (nSPS) is 15.6. The number of nitrogens with one attached hydrogen (secondary N) is 1. The summed E-state index contributed by atoms with van der Waals surface area (Å²) in [7, 11) is 1.65. The molecule has 0 spiro atoms. The van der Waals surface area contributed by atoms with Crippen LogP contribution in [-0.4, -0.2) is 29.9 Å². The van der Waals surface area contributed by atoms with E-state index in [1.165, 1.54) is 22.2 Å². The van der Waals surface area contributed by atoms with Gasteiger partial charge in [0.1, 0.15) is 5.75 Å². The molecule has 1 aliphatic heterocycles. The summed E-state index contributed by atoms with van der Waals surface area (Å²) < 4.78 is 7.78. The Hall–Kier alpha value is -2.30. The van der Waals surface area contributed by atoms with E-state index in [0.717, 1.165) is 42.9 Å². The van der Waals surface area contributed by atoms with Crippen LogP contribution in [-0.2, 0) is 13.0 Å². The maximum Gasteiger partial charge on any atom is 0.119 e. The molecule has 2 heterocycles. The van der Waals surface area contributed by atoms with E-state index in [1.807, 2.05) is 12.1 Å². The Morgan fingerprint density at radius 2 is 2.00 bits per heavy atom. The average molecular weight is 336 g/mol. The Bertz CT molecular complexity index is 912. The maximum atomic E-state index is 10.3. The van der Waals surface area contributed by atoms with Crippen molar-refractivity contribution in [2.45, 2.75) is 26.0 Å². The van der Waals surface area contributed by atoms with Gasteiger partial charge in [-0.2, -0.15) is 0 Å². The number of aliphatic hydroxyl groups is 1. The molecule has 0 aliphatic carbocycles. The fourth-order valence-corrected chi connectivity index (χ4v) is 3.85. The summed E-state index contributed by atoms with van der Waals surface area (Å²) in [6, 6.07) is 14.7. The quantitative estimate of drug-likeness (QED) is 0.769. The second-order valence-electron chi connectivity index (χ2n) is 6.66. The number of rotatable bonds is 3. The van der Waals surface area contributed by atoms with Gasteiger partial charge in [0.25, 0.3) is 0 Å². The van der Waals surface area contributed by atoms with Crippen molar-refractivity contribution in [3.63, 3.8) is 0 Å². The first kappa shape index (κ1) is 16.2. The molecule has 25 heavy (non-hydrogen) atoms. The lowest BCUT2D eigenvalue weighted by molar-refractivity contribution is 0.199. The Morgan fingerprint density at radius 1 is 1.12 bits per heavy atom. The number of benzene rings is 2. The van der Waals surface area contributed by atoms with Gasteiger partial charge >= 0.3 is 0 Å². The van der Waals surface area contributed by atoms with Crippen molar-refractivity contribution in [1.82, 2.24) is 9.88 Å². The molecule has 0 saturated heterocycles. The molecule has 1 unspecified atom stereocenters. The molecule has 0 bridgehead atoms. The van der Waals surface area contributed by atoms with Crippen molar-refractivity contribution in [2.24, 2.45) is 0 Å². The Balaban J connectivity index is 1.97. The summed E-state index contributed by atoms with van der Waals surface area (Å²) in [4.78, 5) is 0. The van der Waals surface area contributed by atoms with Gasteiger partial charge in [-0.3, -0.25) is 0 Å². The first-order chi connectivity index (χ1) is 12.2. The van der Waals surface area contributed by atoms with Crippen molar-refractivity contribution >= 4 is 10.9 Å². The lowest BCUT2D eigenvalue weighted by Gasteiger charge is -2.16. The van der Waals surface area contributed by atoms with Crippen LogP contribution < -0.4 is 10.1 Å². The van der Waals surface area contributed by atoms with Crippen LogP contribution in [0.15, 0.2) is 42.5 Å². The van der Waals surface area contributed by atoms with Crippen LogP contribution in [0.5, 0.6) is 5.75 Å². The van der Waals surface area contributed by atoms with E-state index in [1.54, 1.807) is 14.0 Å². The van der Waals surface area contributed by atoms with Crippen LogP contribution in [0.2, 0.25) is 0 Å². The molecule has 2 aromatic carbocycles. The molecule has 1 aliphatic rings. The number of nitrogens with zero attached hydrogens (tertiary/aromatic N) is 1. The highest BCUT2D eigenvalue weighted by molar-refractivity contribution is 5.96. The van der Waals surface area contributed by atoms with Crippen LogP contribution >= 0.6 is 0 Å². The van der Waals surface area contributed by atoms with Crippen LogP contribution in [0.25, 0.3) is 22.0 Å². The zero-order chi connectivity index (χ0) is 17.4. The van der Waals surface area contributed by atoms with Gasteiger partial charge in [-0.15, -0.1) is 0 Å². The van der Waals surface area contributed by atoms with Crippen molar-refractivity contribution in [1.29, 1.82) is 0 Å². The molecule has 4 heteroatoms. The first-order valence-corrected chi connectivity index (χ1v) is 8.87. The summed E-state index contributed by atoms with van der Waals surface area (Å²) in [5.74, 6) is 0.769. The number of aromatic nitrogens is 1. The summed E-state index contributed by atoms with van der Waals surface area (Å²) in [5.41, 5.74) is 5.77. The molecule has 0 fully saturated rings. The second-order valence-corrected chi connectivity index (χ2v) is 6.66. The lowest BCUT2D eigenvalue weighted by Crippen LogP contribution is -2.17. The first-order valence-electron chi connectivity index (χ1n) is 8.87. The van der Waals surface area contributed by atoms with Crippen molar-refractivity contribution in [3.8, 4) is 16.9 Å². The molecular formula is C21H24N2O2. The highest BCUT2D eigenvalue weighted by atomic mass is 16.5. The topological polar surface area (TPSA) is 46.4 Å². The smallest absolute Gasteiger partial charge is 0.119 e. The highest BCUT2D eigenvalue weighted by Gasteiger charge is 2.18. The minimum atomic E-state index is -0.555. The van der Waals surface area contributed by atoms with Crippen LogP contribution in [0, 0.1) is 0 Å². The van der Waals surface area contributed by atoms with E-state index >= 15 is 0 Å². The molecule has 2 N–H and O–H groups in total.